The van der Waals surface area contributed by atoms with Gasteiger partial charge in [0.25, 0.3) is 0 Å². The third-order valence-corrected chi connectivity index (χ3v) is 10.4. The number of benzene rings is 3. The van der Waals surface area contributed by atoms with Crippen LogP contribution in [0.4, 0.5) is 5.69 Å². The van der Waals surface area contributed by atoms with E-state index in [1.54, 1.807) is 41.3 Å². The highest BCUT2D eigenvalue weighted by Gasteiger charge is 2.60. The first kappa shape index (κ1) is 27.9. The average Bonchev–Trinajstić information content (AvgIpc) is 3.27. The van der Waals surface area contributed by atoms with Crippen LogP contribution < -0.4 is 10.6 Å². The van der Waals surface area contributed by atoms with Crippen molar-refractivity contribution in [3.8, 4) is 0 Å². The number of rotatable bonds is 6. The molecule has 3 aromatic carbocycles. The molecule has 1 atom stereocenters. The molecular weight excluding hydrogens is 566 g/mol. The Bertz CT molecular complexity index is 1620. The first-order valence-electron chi connectivity index (χ1n) is 13.4. The Hall–Kier alpha value is -3.22. The third-order valence-electron chi connectivity index (χ3n) is 8.38. The second-order valence-electron chi connectivity index (χ2n) is 11.0. The first-order chi connectivity index (χ1) is 19.5. The SMILES string of the molecule is COCC12CN(S(=O)(=O)c3ccc4cc(Cl)ccc4c3)CC(=O)N1CC1(CCN(c3ccc(C(=N)N)cc3)CC1)O2. The molecule has 0 aromatic heterocycles. The number of hydrogen-bond acceptors (Lipinski definition) is 7. The largest absolute Gasteiger partial charge is 0.384 e. The lowest BCUT2D eigenvalue weighted by atomic mass is 9.91. The van der Waals surface area contributed by atoms with E-state index in [1.807, 2.05) is 24.3 Å². The smallest absolute Gasteiger partial charge is 0.243 e. The molecule has 41 heavy (non-hydrogen) atoms. The molecule has 1 amide bonds. The number of nitrogens with two attached hydrogens (primary N) is 1. The third kappa shape index (κ3) is 4.95. The van der Waals surface area contributed by atoms with Gasteiger partial charge in [-0.3, -0.25) is 10.2 Å². The van der Waals surface area contributed by atoms with Crippen LogP contribution in [0.15, 0.2) is 65.6 Å². The Kier molecular flexibility index (Phi) is 6.98. The van der Waals surface area contributed by atoms with Crippen LogP contribution in [0.3, 0.4) is 0 Å². The Morgan fingerprint density at radius 2 is 1.73 bits per heavy atom. The van der Waals surface area contributed by atoms with Gasteiger partial charge in [0.2, 0.25) is 15.9 Å². The van der Waals surface area contributed by atoms with Gasteiger partial charge in [-0.05, 0) is 72.1 Å². The summed E-state index contributed by atoms with van der Waals surface area (Å²) >= 11 is 6.09. The quantitative estimate of drug-likeness (QED) is 0.330. The van der Waals surface area contributed by atoms with Crippen molar-refractivity contribution in [3.63, 3.8) is 0 Å². The molecule has 1 unspecified atom stereocenters. The van der Waals surface area contributed by atoms with E-state index in [0.29, 0.717) is 43.1 Å². The van der Waals surface area contributed by atoms with Crippen molar-refractivity contribution in [1.29, 1.82) is 5.41 Å². The van der Waals surface area contributed by atoms with Crippen LogP contribution in [-0.2, 0) is 24.3 Å². The summed E-state index contributed by atoms with van der Waals surface area (Å²) in [6.45, 7) is 1.56. The van der Waals surface area contributed by atoms with E-state index in [4.69, 9.17) is 32.2 Å². The number of sulfonamides is 1. The van der Waals surface area contributed by atoms with Crippen molar-refractivity contribution < 1.29 is 22.7 Å². The highest BCUT2D eigenvalue weighted by Crippen LogP contribution is 2.44. The molecule has 3 aliphatic rings. The lowest BCUT2D eigenvalue weighted by Crippen LogP contribution is -2.65. The maximum atomic E-state index is 13.8. The summed E-state index contributed by atoms with van der Waals surface area (Å²) in [5.74, 6) is -0.275. The van der Waals surface area contributed by atoms with Crippen LogP contribution in [0.25, 0.3) is 10.8 Å². The maximum Gasteiger partial charge on any atom is 0.243 e. The Morgan fingerprint density at radius 1 is 1.05 bits per heavy atom. The number of amides is 1. The Balaban J connectivity index is 1.23. The summed E-state index contributed by atoms with van der Waals surface area (Å²) in [7, 11) is -2.47. The summed E-state index contributed by atoms with van der Waals surface area (Å²) in [6, 6.07) is 17.7. The number of nitrogen functional groups attached to an aromatic ring is 1. The topological polar surface area (TPSA) is 129 Å². The molecule has 0 saturated carbocycles. The molecule has 3 aromatic rings. The monoisotopic (exact) mass is 597 g/mol. The molecule has 10 nitrogen and oxygen atoms in total. The van der Waals surface area contributed by atoms with Gasteiger partial charge < -0.3 is 25.0 Å². The van der Waals surface area contributed by atoms with Gasteiger partial charge in [-0.1, -0.05) is 23.7 Å². The van der Waals surface area contributed by atoms with Crippen molar-refractivity contribution in [2.45, 2.75) is 29.1 Å². The Labute approximate surface area is 244 Å². The number of piperazine rings is 1. The minimum Gasteiger partial charge on any atom is -0.384 e. The molecule has 0 aliphatic carbocycles. The fourth-order valence-corrected chi connectivity index (χ4v) is 7.91. The minimum atomic E-state index is -4.00. The molecule has 12 heteroatoms. The number of halogens is 1. The lowest BCUT2D eigenvalue weighted by Gasteiger charge is -2.44. The lowest BCUT2D eigenvalue weighted by molar-refractivity contribution is -0.194. The van der Waals surface area contributed by atoms with Crippen molar-refractivity contribution in [3.05, 3.63) is 71.2 Å². The number of carbonyl (C=O) groups excluding carboxylic acids is 1. The molecule has 3 aliphatic heterocycles. The number of ether oxygens (including phenoxy) is 2. The fourth-order valence-electron chi connectivity index (χ4n) is 6.26. The zero-order valence-corrected chi connectivity index (χ0v) is 24.2. The number of hydrogen-bond donors (Lipinski definition) is 2. The molecular formula is C29H32ClN5O5S. The van der Waals surface area contributed by atoms with Crippen LogP contribution in [0.2, 0.25) is 5.02 Å². The van der Waals surface area contributed by atoms with Crippen LogP contribution in [-0.4, -0.2) is 87.1 Å². The van der Waals surface area contributed by atoms with Gasteiger partial charge in [0.1, 0.15) is 5.84 Å². The van der Waals surface area contributed by atoms with Gasteiger partial charge in [-0.15, -0.1) is 0 Å². The summed E-state index contributed by atoms with van der Waals surface area (Å²) < 4.78 is 41.1. The summed E-state index contributed by atoms with van der Waals surface area (Å²) in [6.07, 6.45) is 1.33. The number of piperidine rings is 1. The van der Waals surface area contributed by atoms with E-state index in [2.05, 4.69) is 4.90 Å². The summed E-state index contributed by atoms with van der Waals surface area (Å²) in [5, 5.41) is 9.75. The number of amidine groups is 1. The van der Waals surface area contributed by atoms with Crippen molar-refractivity contribution in [1.82, 2.24) is 9.21 Å². The second-order valence-corrected chi connectivity index (χ2v) is 13.4. The molecule has 1 spiro atoms. The van der Waals surface area contributed by atoms with E-state index in [9.17, 15) is 13.2 Å². The highest BCUT2D eigenvalue weighted by atomic mass is 35.5. The molecule has 3 N–H and O–H groups in total. The van der Waals surface area contributed by atoms with E-state index in [-0.39, 0.29) is 36.3 Å². The van der Waals surface area contributed by atoms with Crippen molar-refractivity contribution in [2.75, 3.05) is 51.3 Å². The number of carbonyl (C=O) groups is 1. The van der Waals surface area contributed by atoms with Gasteiger partial charge in [0.15, 0.2) is 5.72 Å². The van der Waals surface area contributed by atoms with Crippen molar-refractivity contribution in [2.24, 2.45) is 5.73 Å². The van der Waals surface area contributed by atoms with Gasteiger partial charge in [-0.25, -0.2) is 8.42 Å². The number of nitrogens with zero attached hydrogens (tertiary/aromatic N) is 3. The molecule has 3 fully saturated rings. The second kappa shape index (κ2) is 10.2. The molecule has 0 radical (unpaired) electrons. The molecule has 3 saturated heterocycles. The Morgan fingerprint density at radius 3 is 2.41 bits per heavy atom. The highest BCUT2D eigenvalue weighted by molar-refractivity contribution is 7.89. The predicted octanol–water partition coefficient (Wildman–Crippen LogP) is 3.02. The van der Waals surface area contributed by atoms with Crippen molar-refractivity contribution >= 4 is 49.8 Å². The number of nitrogens with one attached hydrogen (secondary N) is 1. The standard InChI is InChI=1S/C29H32ClN5O5S/c1-39-19-29-18-34(41(37,38)25-9-5-21-14-23(30)6-2-22(21)15-25)16-26(36)35(29)17-28(40-29)10-12-33(13-11-28)24-7-3-20(4-8-24)27(31)32/h2-9,14-15H,10-13,16-19H2,1H3,(H3,31,32). The summed E-state index contributed by atoms with van der Waals surface area (Å²) in [5.41, 5.74) is 5.47. The van der Waals surface area contributed by atoms with Gasteiger partial charge in [0, 0.05) is 36.5 Å². The normalized spacial score (nSPS) is 22.8. The predicted molar refractivity (Wildman–Crippen MR) is 157 cm³/mol. The van der Waals surface area contributed by atoms with Crippen LogP contribution in [0.1, 0.15) is 18.4 Å². The maximum absolute atomic E-state index is 13.8. The average molecular weight is 598 g/mol. The van der Waals surface area contributed by atoms with Gasteiger partial charge >= 0.3 is 0 Å². The van der Waals surface area contributed by atoms with E-state index >= 15 is 0 Å². The zero-order chi connectivity index (χ0) is 29.0. The number of fused-ring (bicyclic) bond motifs is 2. The number of methoxy groups -OCH3 is 1. The van der Waals surface area contributed by atoms with E-state index in [1.165, 1.54) is 11.4 Å². The first-order valence-corrected chi connectivity index (χ1v) is 15.2. The zero-order valence-electron chi connectivity index (χ0n) is 22.7. The minimum absolute atomic E-state index is 0.0223. The summed E-state index contributed by atoms with van der Waals surface area (Å²) in [4.78, 5) is 17.6. The van der Waals surface area contributed by atoms with E-state index in [0.717, 1.165) is 16.5 Å². The molecule has 216 valence electrons. The molecule has 0 bridgehead atoms. The van der Waals surface area contributed by atoms with Gasteiger partial charge in [-0.2, -0.15) is 4.31 Å². The van der Waals surface area contributed by atoms with Crippen LogP contribution in [0.5, 0.6) is 0 Å². The van der Waals surface area contributed by atoms with Crippen LogP contribution in [0, 0.1) is 5.41 Å². The molecule has 6 rings (SSSR count). The van der Waals surface area contributed by atoms with E-state index < -0.39 is 21.3 Å². The molecule has 3 heterocycles. The number of anilines is 1. The fraction of sp³-hybridized carbons (Fsp3) is 0.379. The van der Waals surface area contributed by atoms with Crippen LogP contribution >= 0.6 is 11.6 Å². The van der Waals surface area contributed by atoms with Gasteiger partial charge in [0.05, 0.1) is 36.7 Å².